The van der Waals surface area contributed by atoms with E-state index in [-0.39, 0.29) is 0 Å². The SMILES string of the molecule is CCCCOc1ccc(Cc2cc(-c3ccc(N)nc3)on2)cc1. The highest BCUT2D eigenvalue weighted by molar-refractivity contribution is 5.57. The first kappa shape index (κ1) is 16.1. The van der Waals surface area contributed by atoms with Crippen LogP contribution in [0.15, 0.2) is 53.2 Å². The van der Waals surface area contributed by atoms with Crippen molar-refractivity contribution in [3.05, 3.63) is 59.9 Å². The number of ether oxygens (including phenoxy) is 1. The highest BCUT2D eigenvalue weighted by Gasteiger charge is 2.08. The van der Waals surface area contributed by atoms with Gasteiger partial charge in [-0.2, -0.15) is 0 Å². The molecule has 0 saturated carbocycles. The molecule has 5 nitrogen and oxygen atoms in total. The van der Waals surface area contributed by atoms with Gasteiger partial charge in [0.2, 0.25) is 0 Å². The number of aromatic nitrogens is 2. The van der Waals surface area contributed by atoms with E-state index < -0.39 is 0 Å². The zero-order valence-corrected chi connectivity index (χ0v) is 13.7. The first-order chi connectivity index (χ1) is 11.7. The van der Waals surface area contributed by atoms with Gasteiger partial charge in [0.15, 0.2) is 5.76 Å². The Kier molecular flexibility index (Phi) is 5.11. The van der Waals surface area contributed by atoms with Crippen LogP contribution in [0.25, 0.3) is 11.3 Å². The lowest BCUT2D eigenvalue weighted by Gasteiger charge is -2.05. The maximum absolute atomic E-state index is 5.67. The number of nitrogens with zero attached hydrogens (tertiary/aromatic N) is 2. The molecule has 0 aliphatic rings. The number of nitrogen functional groups attached to an aromatic ring is 1. The largest absolute Gasteiger partial charge is 0.494 e. The molecule has 2 N–H and O–H groups in total. The monoisotopic (exact) mass is 323 g/mol. The summed E-state index contributed by atoms with van der Waals surface area (Å²) in [5.74, 6) is 2.08. The topological polar surface area (TPSA) is 74.2 Å². The van der Waals surface area contributed by atoms with Crippen LogP contribution in [-0.2, 0) is 6.42 Å². The Balaban J connectivity index is 1.63. The highest BCUT2D eigenvalue weighted by atomic mass is 16.5. The zero-order chi connectivity index (χ0) is 16.8. The molecule has 2 aromatic heterocycles. The molecule has 0 saturated heterocycles. The first-order valence-corrected chi connectivity index (χ1v) is 8.14. The summed E-state index contributed by atoms with van der Waals surface area (Å²) in [5, 5.41) is 4.13. The summed E-state index contributed by atoms with van der Waals surface area (Å²) in [7, 11) is 0. The van der Waals surface area contributed by atoms with E-state index in [4.69, 9.17) is 15.0 Å². The van der Waals surface area contributed by atoms with Gasteiger partial charge in [0.25, 0.3) is 0 Å². The number of rotatable bonds is 7. The first-order valence-electron chi connectivity index (χ1n) is 8.14. The molecule has 0 atom stereocenters. The normalized spacial score (nSPS) is 10.7. The van der Waals surface area contributed by atoms with Gasteiger partial charge in [-0.1, -0.05) is 30.6 Å². The van der Waals surface area contributed by atoms with Crippen molar-refractivity contribution >= 4 is 5.82 Å². The van der Waals surface area contributed by atoms with Gasteiger partial charge < -0.3 is 15.0 Å². The molecule has 0 radical (unpaired) electrons. The number of anilines is 1. The molecular weight excluding hydrogens is 302 g/mol. The van der Waals surface area contributed by atoms with Gasteiger partial charge in [-0.05, 0) is 36.2 Å². The second-order valence-corrected chi connectivity index (χ2v) is 5.68. The maximum Gasteiger partial charge on any atom is 0.168 e. The number of nitrogens with two attached hydrogens (primary N) is 1. The van der Waals surface area contributed by atoms with Crippen LogP contribution < -0.4 is 10.5 Å². The van der Waals surface area contributed by atoms with Gasteiger partial charge in [-0.25, -0.2) is 4.98 Å². The average molecular weight is 323 g/mol. The van der Waals surface area contributed by atoms with E-state index in [1.807, 2.05) is 24.3 Å². The van der Waals surface area contributed by atoms with Crippen LogP contribution in [0.3, 0.4) is 0 Å². The van der Waals surface area contributed by atoms with Crippen molar-refractivity contribution in [3.8, 4) is 17.1 Å². The molecule has 0 spiro atoms. The zero-order valence-electron chi connectivity index (χ0n) is 13.7. The van der Waals surface area contributed by atoms with E-state index >= 15 is 0 Å². The number of benzene rings is 1. The molecule has 5 heteroatoms. The lowest BCUT2D eigenvalue weighted by Crippen LogP contribution is -1.96. The minimum absolute atomic E-state index is 0.486. The van der Waals surface area contributed by atoms with Gasteiger partial charge >= 0.3 is 0 Å². The van der Waals surface area contributed by atoms with Crippen LogP contribution in [0.5, 0.6) is 5.75 Å². The number of unbranched alkanes of at least 4 members (excludes halogenated alkanes) is 1. The second kappa shape index (κ2) is 7.64. The Morgan fingerprint density at radius 2 is 1.96 bits per heavy atom. The molecule has 3 rings (SSSR count). The van der Waals surface area contributed by atoms with E-state index in [0.29, 0.717) is 18.0 Å². The smallest absolute Gasteiger partial charge is 0.168 e. The molecule has 3 aromatic rings. The summed E-state index contributed by atoms with van der Waals surface area (Å²) in [6, 6.07) is 13.6. The number of pyridine rings is 1. The van der Waals surface area contributed by atoms with E-state index in [1.165, 1.54) is 0 Å². The Bertz CT molecular complexity index is 764. The molecule has 0 bridgehead atoms. The standard InChI is InChI=1S/C19H21N3O2/c1-2-3-10-23-17-7-4-14(5-8-17)11-16-12-18(24-22-16)15-6-9-19(20)21-13-15/h4-9,12-13H,2-3,10-11H2,1H3,(H2,20,21). The summed E-state index contributed by atoms with van der Waals surface area (Å²) in [6.07, 6.45) is 4.60. The summed E-state index contributed by atoms with van der Waals surface area (Å²) in [6.45, 7) is 2.91. The van der Waals surface area contributed by atoms with Gasteiger partial charge in [-0.3, -0.25) is 0 Å². The van der Waals surface area contributed by atoms with Gasteiger partial charge in [0.1, 0.15) is 11.6 Å². The van der Waals surface area contributed by atoms with Crippen molar-refractivity contribution in [1.82, 2.24) is 10.1 Å². The predicted molar refractivity (Wildman–Crippen MR) is 93.8 cm³/mol. The summed E-state index contributed by atoms with van der Waals surface area (Å²) in [4.78, 5) is 4.07. The predicted octanol–water partition coefficient (Wildman–Crippen LogP) is 4.09. The number of hydrogen-bond acceptors (Lipinski definition) is 5. The van der Waals surface area contributed by atoms with Crippen molar-refractivity contribution in [1.29, 1.82) is 0 Å². The summed E-state index contributed by atoms with van der Waals surface area (Å²) < 4.78 is 11.1. The van der Waals surface area contributed by atoms with E-state index in [1.54, 1.807) is 12.3 Å². The molecule has 0 aliphatic carbocycles. The molecule has 0 aliphatic heterocycles. The Labute approximate surface area is 141 Å². The fourth-order valence-corrected chi connectivity index (χ4v) is 2.33. The van der Waals surface area contributed by atoms with Gasteiger partial charge in [-0.15, -0.1) is 0 Å². The molecule has 0 unspecified atom stereocenters. The Morgan fingerprint density at radius 3 is 2.67 bits per heavy atom. The van der Waals surface area contributed by atoms with Crippen molar-refractivity contribution in [2.75, 3.05) is 12.3 Å². The highest BCUT2D eigenvalue weighted by Crippen LogP contribution is 2.22. The summed E-state index contributed by atoms with van der Waals surface area (Å²) in [5.41, 5.74) is 8.50. The third-order valence-corrected chi connectivity index (χ3v) is 3.71. The average Bonchev–Trinajstić information content (AvgIpc) is 3.06. The maximum atomic E-state index is 5.67. The molecule has 2 heterocycles. The van der Waals surface area contributed by atoms with Gasteiger partial charge in [0.05, 0.1) is 12.3 Å². The number of hydrogen-bond donors (Lipinski definition) is 1. The van der Waals surface area contributed by atoms with Crippen LogP contribution in [0.4, 0.5) is 5.82 Å². The van der Waals surface area contributed by atoms with Crippen LogP contribution in [-0.4, -0.2) is 16.7 Å². The second-order valence-electron chi connectivity index (χ2n) is 5.68. The van der Waals surface area contributed by atoms with Crippen molar-refractivity contribution < 1.29 is 9.26 Å². The van der Waals surface area contributed by atoms with E-state index in [9.17, 15) is 0 Å². The minimum atomic E-state index is 0.486. The van der Waals surface area contributed by atoms with Gasteiger partial charge in [0, 0.05) is 24.2 Å². The third-order valence-electron chi connectivity index (χ3n) is 3.71. The molecule has 24 heavy (non-hydrogen) atoms. The minimum Gasteiger partial charge on any atom is -0.494 e. The molecule has 0 amide bonds. The van der Waals surface area contributed by atoms with Crippen molar-refractivity contribution in [3.63, 3.8) is 0 Å². The fourth-order valence-electron chi connectivity index (χ4n) is 2.33. The fraction of sp³-hybridized carbons (Fsp3) is 0.263. The third kappa shape index (κ3) is 4.13. The van der Waals surface area contributed by atoms with Crippen LogP contribution >= 0.6 is 0 Å². The van der Waals surface area contributed by atoms with Crippen molar-refractivity contribution in [2.24, 2.45) is 0 Å². The van der Waals surface area contributed by atoms with Crippen LogP contribution in [0.2, 0.25) is 0 Å². The van der Waals surface area contributed by atoms with Crippen LogP contribution in [0, 0.1) is 0 Å². The Hall–Kier alpha value is -2.82. The quantitative estimate of drug-likeness (QED) is 0.663. The molecule has 124 valence electrons. The molecular formula is C19H21N3O2. The molecule has 1 aromatic carbocycles. The lowest BCUT2D eigenvalue weighted by molar-refractivity contribution is 0.309. The lowest BCUT2D eigenvalue weighted by atomic mass is 10.1. The van der Waals surface area contributed by atoms with E-state index in [2.05, 4.69) is 29.2 Å². The van der Waals surface area contributed by atoms with Crippen molar-refractivity contribution in [2.45, 2.75) is 26.2 Å². The Morgan fingerprint density at radius 1 is 1.12 bits per heavy atom. The van der Waals surface area contributed by atoms with E-state index in [0.717, 1.165) is 42.0 Å². The molecule has 0 fully saturated rings. The van der Waals surface area contributed by atoms with Crippen LogP contribution in [0.1, 0.15) is 31.0 Å². The summed E-state index contributed by atoms with van der Waals surface area (Å²) >= 11 is 0.